The van der Waals surface area contributed by atoms with Gasteiger partial charge in [-0.3, -0.25) is 0 Å². The molecular weight excluding hydrogens is 208 g/mol. The summed E-state index contributed by atoms with van der Waals surface area (Å²) in [6.45, 7) is 2.06. The summed E-state index contributed by atoms with van der Waals surface area (Å²) in [5.74, 6) is 0.887. The second kappa shape index (κ2) is 5.35. The van der Waals surface area contributed by atoms with Crippen molar-refractivity contribution in [2.75, 3.05) is 7.11 Å². The molecule has 0 aliphatic carbocycles. The van der Waals surface area contributed by atoms with Crippen LogP contribution in [0.4, 0.5) is 0 Å². The van der Waals surface area contributed by atoms with Crippen LogP contribution in [0, 0.1) is 0 Å². The lowest BCUT2D eigenvalue weighted by Gasteiger charge is -2.09. The quantitative estimate of drug-likeness (QED) is 0.761. The zero-order valence-corrected chi connectivity index (χ0v) is 10.2. The van der Waals surface area contributed by atoms with Gasteiger partial charge < -0.3 is 4.74 Å². The average Bonchev–Trinajstić information content (AvgIpc) is 2.41. The number of benzene rings is 2. The molecule has 1 heteroatoms. The Morgan fingerprint density at radius 2 is 1.65 bits per heavy atom. The smallest absolute Gasteiger partial charge is 0.119 e. The maximum absolute atomic E-state index is 5.26. The average molecular weight is 224 g/mol. The van der Waals surface area contributed by atoms with E-state index in [0.717, 1.165) is 5.75 Å². The fourth-order valence-electron chi connectivity index (χ4n) is 1.91. The molecule has 2 aromatic rings. The number of hydrogen-bond acceptors (Lipinski definition) is 1. The summed E-state index contributed by atoms with van der Waals surface area (Å²) in [7, 11) is 1.69. The lowest BCUT2D eigenvalue weighted by atomic mass is 9.98. The van der Waals surface area contributed by atoms with Crippen molar-refractivity contribution >= 4 is 5.57 Å². The molecular formula is C16H16O. The van der Waals surface area contributed by atoms with E-state index in [0.29, 0.717) is 0 Å². The van der Waals surface area contributed by atoms with Crippen molar-refractivity contribution in [2.45, 2.75) is 6.92 Å². The maximum Gasteiger partial charge on any atom is 0.119 e. The van der Waals surface area contributed by atoms with Crippen LogP contribution in [0.25, 0.3) is 5.57 Å². The third-order valence-corrected chi connectivity index (χ3v) is 2.75. The van der Waals surface area contributed by atoms with Crippen LogP contribution in [0.5, 0.6) is 5.75 Å². The first kappa shape index (κ1) is 11.5. The van der Waals surface area contributed by atoms with Crippen LogP contribution in [0.1, 0.15) is 18.1 Å². The Hall–Kier alpha value is -2.02. The Morgan fingerprint density at radius 1 is 0.941 bits per heavy atom. The van der Waals surface area contributed by atoms with E-state index in [-0.39, 0.29) is 0 Å². The fraction of sp³-hybridized carbons (Fsp3) is 0.125. The zero-order valence-electron chi connectivity index (χ0n) is 10.2. The second-order valence-electron chi connectivity index (χ2n) is 3.80. The largest absolute Gasteiger partial charge is 0.497 e. The van der Waals surface area contributed by atoms with Gasteiger partial charge in [-0.25, -0.2) is 0 Å². The Bertz CT molecular complexity index is 512. The van der Waals surface area contributed by atoms with Gasteiger partial charge in [0.05, 0.1) is 7.11 Å². The van der Waals surface area contributed by atoms with Gasteiger partial charge >= 0.3 is 0 Å². The van der Waals surface area contributed by atoms with Crippen LogP contribution < -0.4 is 4.74 Å². The van der Waals surface area contributed by atoms with E-state index in [1.54, 1.807) is 7.11 Å². The summed E-state index contributed by atoms with van der Waals surface area (Å²) >= 11 is 0. The monoisotopic (exact) mass is 224 g/mol. The van der Waals surface area contributed by atoms with Gasteiger partial charge in [0.2, 0.25) is 0 Å². The number of allylic oxidation sites excluding steroid dienone is 1. The predicted octanol–water partition coefficient (Wildman–Crippen LogP) is 4.15. The highest BCUT2D eigenvalue weighted by molar-refractivity contribution is 5.80. The van der Waals surface area contributed by atoms with Crippen LogP contribution in [0.3, 0.4) is 0 Å². The van der Waals surface area contributed by atoms with Crippen molar-refractivity contribution in [3.8, 4) is 5.75 Å². The molecule has 0 heterocycles. The number of rotatable bonds is 3. The minimum absolute atomic E-state index is 0.887. The molecule has 86 valence electrons. The molecule has 0 atom stereocenters. The van der Waals surface area contributed by atoms with Gasteiger partial charge in [-0.15, -0.1) is 0 Å². The Kier molecular flexibility index (Phi) is 3.61. The summed E-state index contributed by atoms with van der Waals surface area (Å²) in [6.07, 6.45) is 2.13. The molecule has 0 bridgehead atoms. The molecule has 0 saturated carbocycles. The third-order valence-electron chi connectivity index (χ3n) is 2.75. The molecule has 17 heavy (non-hydrogen) atoms. The van der Waals surface area contributed by atoms with E-state index < -0.39 is 0 Å². The van der Waals surface area contributed by atoms with E-state index >= 15 is 0 Å². The molecule has 2 rings (SSSR count). The van der Waals surface area contributed by atoms with Crippen molar-refractivity contribution in [2.24, 2.45) is 0 Å². The molecule has 0 saturated heterocycles. The Balaban J connectivity index is 2.43. The Morgan fingerprint density at radius 3 is 2.29 bits per heavy atom. The molecule has 0 radical (unpaired) electrons. The first-order chi connectivity index (χ1) is 8.35. The standard InChI is InChI=1S/C16H16O/c1-3-16(13-8-5-4-6-9-13)14-10-7-11-15(12-14)17-2/h3-12H,1-2H3/b16-3+. The first-order valence-electron chi connectivity index (χ1n) is 5.71. The van der Waals surface area contributed by atoms with Crippen molar-refractivity contribution in [1.29, 1.82) is 0 Å². The van der Waals surface area contributed by atoms with E-state index in [9.17, 15) is 0 Å². The summed E-state index contributed by atoms with van der Waals surface area (Å²) in [6, 6.07) is 18.5. The fourth-order valence-corrected chi connectivity index (χ4v) is 1.91. The van der Waals surface area contributed by atoms with Crippen molar-refractivity contribution in [3.63, 3.8) is 0 Å². The highest BCUT2D eigenvalue weighted by atomic mass is 16.5. The van der Waals surface area contributed by atoms with E-state index in [2.05, 4.69) is 49.4 Å². The minimum Gasteiger partial charge on any atom is -0.497 e. The molecule has 0 spiro atoms. The van der Waals surface area contributed by atoms with Gasteiger partial charge in [0.25, 0.3) is 0 Å². The van der Waals surface area contributed by atoms with Gasteiger partial charge in [0.15, 0.2) is 0 Å². The topological polar surface area (TPSA) is 9.23 Å². The van der Waals surface area contributed by atoms with E-state index in [1.165, 1.54) is 16.7 Å². The third kappa shape index (κ3) is 2.56. The maximum atomic E-state index is 5.26. The van der Waals surface area contributed by atoms with Crippen LogP contribution >= 0.6 is 0 Å². The molecule has 0 aromatic heterocycles. The Labute approximate surface area is 102 Å². The van der Waals surface area contributed by atoms with E-state index in [4.69, 9.17) is 4.74 Å². The lowest BCUT2D eigenvalue weighted by Crippen LogP contribution is -1.89. The number of hydrogen-bond donors (Lipinski definition) is 0. The number of methoxy groups -OCH3 is 1. The molecule has 0 amide bonds. The van der Waals surface area contributed by atoms with Gasteiger partial charge in [-0.2, -0.15) is 0 Å². The predicted molar refractivity (Wildman–Crippen MR) is 72.2 cm³/mol. The van der Waals surface area contributed by atoms with Crippen LogP contribution in [-0.4, -0.2) is 7.11 Å². The van der Waals surface area contributed by atoms with Gasteiger partial charge in [-0.1, -0.05) is 48.5 Å². The van der Waals surface area contributed by atoms with Crippen molar-refractivity contribution in [3.05, 3.63) is 71.8 Å². The summed E-state index contributed by atoms with van der Waals surface area (Å²) in [4.78, 5) is 0. The molecule has 0 unspecified atom stereocenters. The summed E-state index contributed by atoms with van der Waals surface area (Å²) < 4.78 is 5.26. The van der Waals surface area contributed by atoms with Crippen LogP contribution in [0.2, 0.25) is 0 Å². The molecule has 0 fully saturated rings. The van der Waals surface area contributed by atoms with Crippen molar-refractivity contribution in [1.82, 2.24) is 0 Å². The normalized spacial score (nSPS) is 11.3. The summed E-state index contributed by atoms with van der Waals surface area (Å²) in [5.41, 5.74) is 3.63. The van der Waals surface area contributed by atoms with Crippen molar-refractivity contribution < 1.29 is 4.74 Å². The highest BCUT2D eigenvalue weighted by Gasteiger charge is 2.04. The minimum atomic E-state index is 0.887. The SMILES string of the molecule is C/C=C(\c1ccccc1)c1cccc(OC)c1. The highest BCUT2D eigenvalue weighted by Crippen LogP contribution is 2.25. The van der Waals surface area contributed by atoms with Crippen LogP contribution in [0.15, 0.2) is 60.7 Å². The second-order valence-corrected chi connectivity index (χ2v) is 3.80. The number of ether oxygens (including phenoxy) is 1. The van der Waals surface area contributed by atoms with Gasteiger partial charge in [-0.05, 0) is 35.8 Å². The van der Waals surface area contributed by atoms with Gasteiger partial charge in [0.1, 0.15) is 5.75 Å². The molecule has 0 N–H and O–H groups in total. The summed E-state index contributed by atoms with van der Waals surface area (Å²) in [5, 5.41) is 0. The lowest BCUT2D eigenvalue weighted by molar-refractivity contribution is 0.414. The molecule has 0 aliphatic heterocycles. The molecule has 1 nitrogen and oxygen atoms in total. The zero-order chi connectivity index (χ0) is 12.1. The molecule has 2 aromatic carbocycles. The van der Waals surface area contributed by atoms with E-state index in [1.807, 2.05) is 18.2 Å². The van der Waals surface area contributed by atoms with Crippen LogP contribution in [-0.2, 0) is 0 Å². The van der Waals surface area contributed by atoms with Gasteiger partial charge in [0, 0.05) is 0 Å². The first-order valence-corrected chi connectivity index (χ1v) is 5.71. The molecule has 0 aliphatic rings.